The van der Waals surface area contributed by atoms with E-state index in [0.29, 0.717) is 38.4 Å². The van der Waals surface area contributed by atoms with Gasteiger partial charge in [0.2, 0.25) is 0 Å². The maximum atomic E-state index is 11.6. The van der Waals surface area contributed by atoms with E-state index in [1.54, 1.807) is 0 Å². The molecule has 0 heterocycles. The first-order valence-corrected chi connectivity index (χ1v) is 8.95. The molecule has 0 amide bonds. The van der Waals surface area contributed by atoms with Gasteiger partial charge < -0.3 is 9.47 Å². The van der Waals surface area contributed by atoms with Crippen LogP contribution in [0.25, 0.3) is 0 Å². The van der Waals surface area contributed by atoms with Crippen molar-refractivity contribution in [1.82, 2.24) is 0 Å². The molecule has 0 saturated carbocycles. The molecule has 0 aliphatic carbocycles. The quantitative estimate of drug-likeness (QED) is 0.346. The molecule has 4 nitrogen and oxygen atoms in total. The predicted molar refractivity (Wildman–Crippen MR) is 88.6 cm³/mol. The molecule has 0 aliphatic rings. The van der Waals surface area contributed by atoms with Crippen LogP contribution in [0.5, 0.6) is 0 Å². The zero-order valence-electron chi connectivity index (χ0n) is 14.7. The van der Waals surface area contributed by atoms with Gasteiger partial charge in [0.15, 0.2) is 0 Å². The molecule has 0 fully saturated rings. The molecule has 0 N–H and O–H groups in total. The molecule has 0 radical (unpaired) electrons. The van der Waals surface area contributed by atoms with Crippen LogP contribution in [0.2, 0.25) is 0 Å². The largest absolute Gasteiger partial charge is 0.466 e. The highest BCUT2D eigenvalue weighted by molar-refractivity contribution is 5.72. The van der Waals surface area contributed by atoms with Gasteiger partial charge in [0.1, 0.15) is 0 Å². The number of ether oxygens (including phenoxy) is 2. The van der Waals surface area contributed by atoms with Crippen LogP contribution in [0.15, 0.2) is 0 Å². The van der Waals surface area contributed by atoms with Gasteiger partial charge in [0.25, 0.3) is 0 Å². The standard InChI is InChI=1S/C18H34O4/c1-4-7-9-14-21-17(19)12-10-13-18(20)22-15-16(6-3)11-8-5-2/h16H,4-15H2,1-3H3. The average Bonchev–Trinajstić information content (AvgIpc) is 2.52. The second-order valence-electron chi connectivity index (χ2n) is 5.88. The Morgan fingerprint density at radius 2 is 1.45 bits per heavy atom. The Kier molecular flexibility index (Phi) is 14.1. The SMILES string of the molecule is CCCCCOC(=O)CCCC(=O)OCC(CC)CCCC. The Morgan fingerprint density at radius 3 is 2.05 bits per heavy atom. The third-order valence-electron chi connectivity index (χ3n) is 3.80. The Labute approximate surface area is 135 Å². The summed E-state index contributed by atoms with van der Waals surface area (Å²) in [6.45, 7) is 7.41. The summed E-state index contributed by atoms with van der Waals surface area (Å²) in [4.78, 5) is 23.1. The van der Waals surface area contributed by atoms with Gasteiger partial charge in [0.05, 0.1) is 13.2 Å². The molecule has 130 valence electrons. The van der Waals surface area contributed by atoms with E-state index in [2.05, 4.69) is 20.8 Å². The van der Waals surface area contributed by atoms with Crippen molar-refractivity contribution >= 4 is 11.9 Å². The smallest absolute Gasteiger partial charge is 0.305 e. The molecule has 0 saturated heterocycles. The summed E-state index contributed by atoms with van der Waals surface area (Å²) < 4.78 is 10.4. The molecular weight excluding hydrogens is 280 g/mol. The summed E-state index contributed by atoms with van der Waals surface area (Å²) in [5.74, 6) is 0.0550. The van der Waals surface area contributed by atoms with E-state index >= 15 is 0 Å². The molecule has 0 aromatic heterocycles. The average molecular weight is 314 g/mol. The van der Waals surface area contributed by atoms with E-state index in [4.69, 9.17) is 9.47 Å². The summed E-state index contributed by atoms with van der Waals surface area (Å²) in [6, 6.07) is 0. The fraction of sp³-hybridized carbons (Fsp3) is 0.889. The van der Waals surface area contributed by atoms with E-state index in [-0.39, 0.29) is 11.9 Å². The van der Waals surface area contributed by atoms with Gasteiger partial charge in [-0.3, -0.25) is 9.59 Å². The molecule has 1 unspecified atom stereocenters. The van der Waals surface area contributed by atoms with Crippen molar-refractivity contribution in [3.8, 4) is 0 Å². The first-order chi connectivity index (χ1) is 10.6. The topological polar surface area (TPSA) is 52.6 Å². The maximum absolute atomic E-state index is 11.6. The number of rotatable bonds is 14. The second-order valence-corrected chi connectivity index (χ2v) is 5.88. The van der Waals surface area contributed by atoms with Crippen LogP contribution in [0.3, 0.4) is 0 Å². The first-order valence-electron chi connectivity index (χ1n) is 8.95. The van der Waals surface area contributed by atoms with Gasteiger partial charge in [0, 0.05) is 12.8 Å². The Hall–Kier alpha value is -1.06. The van der Waals surface area contributed by atoms with Crippen molar-refractivity contribution in [3.63, 3.8) is 0 Å². The number of esters is 2. The van der Waals surface area contributed by atoms with E-state index in [9.17, 15) is 9.59 Å². The van der Waals surface area contributed by atoms with Gasteiger partial charge in [-0.2, -0.15) is 0 Å². The Morgan fingerprint density at radius 1 is 0.818 bits per heavy atom. The molecule has 0 spiro atoms. The van der Waals surface area contributed by atoms with E-state index in [1.807, 2.05) is 0 Å². The Balaban J connectivity index is 3.61. The molecule has 0 bridgehead atoms. The van der Waals surface area contributed by atoms with Crippen LogP contribution >= 0.6 is 0 Å². The normalized spacial score (nSPS) is 12.0. The summed E-state index contributed by atoms with van der Waals surface area (Å²) in [5.41, 5.74) is 0. The predicted octanol–water partition coefficient (Wildman–Crippen LogP) is 4.65. The number of hydrogen-bond acceptors (Lipinski definition) is 4. The van der Waals surface area contributed by atoms with E-state index < -0.39 is 0 Å². The van der Waals surface area contributed by atoms with Crippen molar-refractivity contribution in [2.75, 3.05) is 13.2 Å². The van der Waals surface area contributed by atoms with Crippen molar-refractivity contribution < 1.29 is 19.1 Å². The zero-order valence-corrected chi connectivity index (χ0v) is 14.7. The third kappa shape index (κ3) is 12.7. The maximum Gasteiger partial charge on any atom is 0.305 e. The summed E-state index contributed by atoms with van der Waals surface area (Å²) in [5, 5.41) is 0. The number of carbonyl (C=O) groups excluding carboxylic acids is 2. The lowest BCUT2D eigenvalue weighted by Gasteiger charge is -2.14. The molecule has 22 heavy (non-hydrogen) atoms. The zero-order chi connectivity index (χ0) is 16.6. The summed E-state index contributed by atoms with van der Waals surface area (Å²) in [7, 11) is 0. The number of hydrogen-bond donors (Lipinski definition) is 0. The molecular formula is C18H34O4. The summed E-state index contributed by atoms with van der Waals surface area (Å²) in [6.07, 6.45) is 8.73. The van der Waals surface area contributed by atoms with Gasteiger partial charge in [-0.1, -0.05) is 52.9 Å². The lowest BCUT2D eigenvalue weighted by Crippen LogP contribution is -2.14. The van der Waals surface area contributed by atoms with Crippen molar-refractivity contribution in [1.29, 1.82) is 0 Å². The van der Waals surface area contributed by atoms with Crippen LogP contribution in [0, 0.1) is 5.92 Å². The van der Waals surface area contributed by atoms with Crippen molar-refractivity contribution in [2.45, 2.75) is 85.0 Å². The van der Waals surface area contributed by atoms with Gasteiger partial charge in [-0.25, -0.2) is 0 Å². The lowest BCUT2D eigenvalue weighted by molar-refractivity contribution is -0.146. The van der Waals surface area contributed by atoms with E-state index in [1.165, 1.54) is 12.8 Å². The monoisotopic (exact) mass is 314 g/mol. The molecule has 0 aromatic rings. The first kappa shape index (κ1) is 20.9. The van der Waals surface area contributed by atoms with Crippen LogP contribution in [-0.2, 0) is 19.1 Å². The third-order valence-corrected chi connectivity index (χ3v) is 3.80. The van der Waals surface area contributed by atoms with Crippen molar-refractivity contribution in [3.05, 3.63) is 0 Å². The van der Waals surface area contributed by atoms with Crippen LogP contribution in [0.1, 0.15) is 85.0 Å². The van der Waals surface area contributed by atoms with Gasteiger partial charge >= 0.3 is 11.9 Å². The van der Waals surface area contributed by atoms with Crippen LogP contribution in [-0.4, -0.2) is 25.2 Å². The molecule has 0 rings (SSSR count). The van der Waals surface area contributed by atoms with E-state index in [0.717, 1.165) is 32.1 Å². The fourth-order valence-electron chi connectivity index (χ4n) is 2.17. The van der Waals surface area contributed by atoms with Crippen molar-refractivity contribution in [2.24, 2.45) is 5.92 Å². The highest BCUT2D eigenvalue weighted by Crippen LogP contribution is 2.13. The number of carbonyl (C=O) groups is 2. The minimum absolute atomic E-state index is 0.200. The minimum Gasteiger partial charge on any atom is -0.466 e. The number of unbranched alkanes of at least 4 members (excludes halogenated alkanes) is 3. The Bertz CT molecular complexity index is 289. The highest BCUT2D eigenvalue weighted by Gasteiger charge is 2.11. The van der Waals surface area contributed by atoms with Crippen LogP contribution in [0.4, 0.5) is 0 Å². The lowest BCUT2D eigenvalue weighted by atomic mass is 10.0. The second kappa shape index (κ2) is 14.9. The molecule has 0 aromatic carbocycles. The molecule has 4 heteroatoms. The van der Waals surface area contributed by atoms with Crippen LogP contribution < -0.4 is 0 Å². The van der Waals surface area contributed by atoms with Gasteiger partial charge in [-0.05, 0) is 25.2 Å². The fourth-order valence-corrected chi connectivity index (χ4v) is 2.17. The minimum atomic E-state index is -0.210. The molecule has 0 aliphatic heterocycles. The van der Waals surface area contributed by atoms with Gasteiger partial charge in [-0.15, -0.1) is 0 Å². The highest BCUT2D eigenvalue weighted by atomic mass is 16.5. The summed E-state index contributed by atoms with van der Waals surface area (Å²) >= 11 is 0. The molecule has 1 atom stereocenters.